The Morgan fingerprint density at radius 1 is 1.05 bits per heavy atom. The largest absolute Gasteiger partial charge is 0.388 e. The van der Waals surface area contributed by atoms with E-state index in [0.717, 1.165) is 11.8 Å². The molecule has 3 N–H and O–H groups in total. The van der Waals surface area contributed by atoms with Crippen molar-refractivity contribution in [3.8, 4) is 0 Å². The maximum absolute atomic E-state index is 13.9. The first-order valence-electron chi connectivity index (χ1n) is 13.9. The average molecular weight is 595 g/mol. The Kier molecular flexibility index (Phi) is 8.69. The monoisotopic (exact) mass is 594 g/mol. The molecule has 0 unspecified atom stereocenters. The molecule has 7 atom stereocenters. The summed E-state index contributed by atoms with van der Waals surface area (Å²) in [5, 5.41) is 24.2. The molecule has 4 heterocycles. The van der Waals surface area contributed by atoms with Gasteiger partial charge >= 0.3 is 0 Å². The second-order valence-electron chi connectivity index (χ2n) is 11.5. The summed E-state index contributed by atoms with van der Waals surface area (Å²) < 4.78 is 35.5. The van der Waals surface area contributed by atoms with Crippen molar-refractivity contribution in [2.75, 3.05) is 45.6 Å². The number of carbonyl (C=O) groups is 3. The van der Waals surface area contributed by atoms with E-state index in [0.29, 0.717) is 32.7 Å². The highest BCUT2D eigenvalue weighted by atomic mass is 32.2. The molecular weight excluding hydrogens is 556 g/mol. The molecule has 0 aliphatic carbocycles. The number of carbonyl (C=O) groups excluding carboxylic acids is 3. The van der Waals surface area contributed by atoms with Gasteiger partial charge in [-0.2, -0.15) is 0 Å². The van der Waals surface area contributed by atoms with Crippen molar-refractivity contribution < 1.29 is 42.5 Å². The maximum atomic E-state index is 13.9. The van der Waals surface area contributed by atoms with Gasteiger partial charge in [0.2, 0.25) is 17.7 Å². The van der Waals surface area contributed by atoms with Gasteiger partial charge in [0.1, 0.15) is 18.3 Å². The number of nitrogens with zero attached hydrogens (tertiary/aromatic N) is 3. The highest BCUT2D eigenvalue weighted by Crippen LogP contribution is 2.28. The van der Waals surface area contributed by atoms with E-state index in [9.17, 15) is 33.0 Å². The van der Waals surface area contributed by atoms with Crippen LogP contribution in [0, 0.1) is 0 Å². The van der Waals surface area contributed by atoms with Crippen LogP contribution in [0.5, 0.6) is 0 Å². The second-order valence-corrected chi connectivity index (χ2v) is 13.5. The summed E-state index contributed by atoms with van der Waals surface area (Å²) in [6, 6.07) is 5.65. The van der Waals surface area contributed by atoms with E-state index in [1.54, 1.807) is 29.2 Å². The van der Waals surface area contributed by atoms with Gasteiger partial charge in [0.15, 0.2) is 9.84 Å². The van der Waals surface area contributed by atoms with Crippen molar-refractivity contribution in [3.63, 3.8) is 0 Å². The quantitative estimate of drug-likeness (QED) is 0.361. The Morgan fingerprint density at radius 2 is 1.76 bits per heavy atom. The van der Waals surface area contributed by atoms with Gasteiger partial charge in [-0.3, -0.25) is 19.3 Å². The minimum atomic E-state index is -3.34. The molecule has 1 aromatic carbocycles. The predicted octanol–water partition coefficient (Wildman–Crippen LogP) is -1.88. The summed E-state index contributed by atoms with van der Waals surface area (Å²) in [4.78, 5) is 44.7. The molecule has 4 saturated heterocycles. The first-order chi connectivity index (χ1) is 19.4. The standard InChI is InChI=1S/C27H38N4O9S/c1-16(32)30-14-19-13-29(7-8-39-19)27(36)21-9-18(28-24(33)10-22-25(34)26(35)23(15-30)40-22)12-31(21)11-17-3-5-20(6-4-17)41(2,37)38/h3-6,18-19,21-23,25-26,34-35H,7-15H2,1-2H3,(H,28,33)/t18-,19-,21-,22-,23+,25-,26+/m0/s1. The van der Waals surface area contributed by atoms with Crippen molar-refractivity contribution >= 4 is 27.6 Å². The van der Waals surface area contributed by atoms with Gasteiger partial charge in [0.05, 0.1) is 36.2 Å². The fraction of sp³-hybridized carbons (Fsp3) is 0.667. The molecule has 0 saturated carbocycles. The summed E-state index contributed by atoms with van der Waals surface area (Å²) in [5.41, 5.74) is 0.826. The Morgan fingerprint density at radius 3 is 2.44 bits per heavy atom. The number of fused-ring (bicyclic) bond motifs is 6. The van der Waals surface area contributed by atoms with Crippen molar-refractivity contribution in [2.45, 2.75) is 73.8 Å². The first-order valence-corrected chi connectivity index (χ1v) is 15.8. The number of benzene rings is 1. The Labute approximate surface area is 239 Å². The fourth-order valence-electron chi connectivity index (χ4n) is 6.17. The van der Waals surface area contributed by atoms with E-state index in [2.05, 4.69) is 5.32 Å². The van der Waals surface area contributed by atoms with Crippen LogP contribution in [0.1, 0.15) is 25.3 Å². The van der Waals surface area contributed by atoms with Gasteiger partial charge in [0, 0.05) is 58.5 Å². The number of amides is 3. The van der Waals surface area contributed by atoms with E-state index >= 15 is 0 Å². The van der Waals surface area contributed by atoms with Gasteiger partial charge in [-0.05, 0) is 24.1 Å². The molecule has 0 aromatic heterocycles. The van der Waals surface area contributed by atoms with Crippen LogP contribution in [0.2, 0.25) is 0 Å². The Balaban J connectivity index is 1.40. The molecule has 41 heavy (non-hydrogen) atoms. The van der Waals surface area contributed by atoms with Gasteiger partial charge < -0.3 is 34.8 Å². The van der Waals surface area contributed by atoms with Crippen LogP contribution in [-0.4, -0.2) is 139 Å². The molecule has 14 heteroatoms. The van der Waals surface area contributed by atoms with Crippen LogP contribution in [0.25, 0.3) is 0 Å². The zero-order valence-electron chi connectivity index (χ0n) is 23.2. The third-order valence-electron chi connectivity index (χ3n) is 8.36. The number of hydrogen-bond donors (Lipinski definition) is 3. The van der Waals surface area contributed by atoms with E-state index in [1.165, 1.54) is 11.8 Å². The fourth-order valence-corrected chi connectivity index (χ4v) is 6.80. The van der Waals surface area contributed by atoms with Crippen LogP contribution in [0.3, 0.4) is 0 Å². The number of aliphatic hydroxyl groups is 2. The third-order valence-corrected chi connectivity index (χ3v) is 9.49. The van der Waals surface area contributed by atoms with E-state index in [1.807, 2.05) is 4.90 Å². The second kappa shape index (κ2) is 11.9. The number of aliphatic hydroxyl groups excluding tert-OH is 2. The van der Waals surface area contributed by atoms with Gasteiger partial charge in [-0.1, -0.05) is 12.1 Å². The number of hydrogen-bond acceptors (Lipinski definition) is 10. The van der Waals surface area contributed by atoms with Gasteiger partial charge in [0.25, 0.3) is 0 Å². The first kappa shape index (κ1) is 29.9. The molecule has 13 nitrogen and oxygen atoms in total. The van der Waals surface area contributed by atoms with Crippen molar-refractivity contribution in [1.29, 1.82) is 0 Å². The van der Waals surface area contributed by atoms with Crippen LogP contribution in [0.4, 0.5) is 0 Å². The number of ether oxygens (including phenoxy) is 2. The Hall–Kier alpha value is -2.62. The zero-order chi connectivity index (χ0) is 29.5. The van der Waals surface area contributed by atoms with E-state index in [4.69, 9.17) is 9.47 Å². The summed E-state index contributed by atoms with van der Waals surface area (Å²) in [6.45, 7) is 3.30. The lowest BCUT2D eigenvalue weighted by Crippen LogP contribution is -2.55. The van der Waals surface area contributed by atoms with Crippen LogP contribution < -0.4 is 5.32 Å². The molecule has 6 bridgehead atoms. The highest BCUT2D eigenvalue weighted by Gasteiger charge is 2.46. The smallest absolute Gasteiger partial charge is 0.240 e. The third kappa shape index (κ3) is 6.73. The molecule has 4 aliphatic heterocycles. The van der Waals surface area contributed by atoms with Gasteiger partial charge in [-0.25, -0.2) is 8.42 Å². The topological polar surface area (TPSA) is 166 Å². The lowest BCUT2D eigenvalue weighted by Gasteiger charge is -2.38. The SMILES string of the molecule is CC(=O)N1C[C@@H]2CN(CCO2)C(=O)[C@@H]2C[C@@H](CN2Cc2ccc(S(C)(=O)=O)cc2)NC(=O)C[C@@H]2O[C@H](C1)[C@@H](O)[C@H]2O. The van der Waals surface area contributed by atoms with Crippen molar-refractivity contribution in [2.24, 2.45) is 0 Å². The molecule has 0 spiro atoms. The number of nitrogens with one attached hydrogen (secondary N) is 1. The van der Waals surface area contributed by atoms with Crippen LogP contribution in [0.15, 0.2) is 29.2 Å². The molecule has 4 fully saturated rings. The summed E-state index contributed by atoms with van der Waals surface area (Å²) in [7, 11) is -3.34. The number of likely N-dealkylation sites (tertiary alicyclic amines) is 1. The van der Waals surface area contributed by atoms with E-state index in [-0.39, 0.29) is 54.7 Å². The summed E-state index contributed by atoms with van der Waals surface area (Å²) in [6.07, 6.45) is -3.49. The molecule has 5 rings (SSSR count). The minimum Gasteiger partial charge on any atom is -0.388 e. The van der Waals surface area contributed by atoms with Crippen LogP contribution in [-0.2, 0) is 40.2 Å². The number of morpholine rings is 1. The molecule has 0 radical (unpaired) electrons. The zero-order valence-corrected chi connectivity index (χ0v) is 24.0. The number of sulfone groups is 1. The minimum absolute atomic E-state index is 0.0106. The Bertz CT molecular complexity index is 1260. The van der Waals surface area contributed by atoms with Crippen molar-refractivity contribution in [3.05, 3.63) is 29.8 Å². The average Bonchev–Trinajstić information content (AvgIpc) is 3.42. The number of rotatable bonds is 3. The van der Waals surface area contributed by atoms with Crippen molar-refractivity contribution in [1.82, 2.24) is 20.0 Å². The molecule has 1 aromatic rings. The van der Waals surface area contributed by atoms with Gasteiger partial charge in [-0.15, -0.1) is 0 Å². The predicted molar refractivity (Wildman–Crippen MR) is 144 cm³/mol. The lowest BCUT2D eigenvalue weighted by atomic mass is 10.0. The lowest BCUT2D eigenvalue weighted by molar-refractivity contribution is -0.146. The molecule has 3 amide bonds. The maximum Gasteiger partial charge on any atom is 0.240 e. The molecular formula is C27H38N4O9S. The van der Waals surface area contributed by atoms with Crippen LogP contribution >= 0.6 is 0 Å². The molecule has 4 aliphatic rings. The normalized spacial score (nSPS) is 33.6. The van der Waals surface area contributed by atoms with E-state index < -0.39 is 46.4 Å². The summed E-state index contributed by atoms with van der Waals surface area (Å²) in [5.74, 6) is -0.741. The summed E-state index contributed by atoms with van der Waals surface area (Å²) >= 11 is 0. The molecule has 226 valence electrons. The highest BCUT2D eigenvalue weighted by molar-refractivity contribution is 7.90.